The monoisotopic (exact) mass is 487 g/mol. The van der Waals surface area contributed by atoms with E-state index in [1.165, 1.54) is 12.2 Å². The fourth-order valence-corrected chi connectivity index (χ4v) is 3.14. The van der Waals surface area contributed by atoms with Crippen LogP contribution in [0.25, 0.3) is 0 Å². The first-order chi connectivity index (χ1) is 16.0. The topological polar surface area (TPSA) is 214 Å². The molecule has 0 fully saturated rings. The predicted molar refractivity (Wildman–Crippen MR) is 116 cm³/mol. The van der Waals surface area contributed by atoms with Crippen LogP contribution in [0.1, 0.15) is 44.9 Å². The van der Waals surface area contributed by atoms with E-state index in [0.717, 1.165) is 4.90 Å². The summed E-state index contributed by atoms with van der Waals surface area (Å²) in [6, 6.07) is -1.28. The first-order valence-corrected chi connectivity index (χ1v) is 11.0. The van der Waals surface area contributed by atoms with Crippen molar-refractivity contribution in [1.29, 1.82) is 0 Å². The van der Waals surface area contributed by atoms with Gasteiger partial charge in [-0.2, -0.15) is 0 Å². The largest absolute Gasteiger partial charge is 0.480 e. The third-order valence-electron chi connectivity index (χ3n) is 5.16. The number of aliphatic carboxylic acids is 1. The molecule has 1 heterocycles. The number of aliphatic hydroxyl groups excluding tert-OH is 4. The number of carboxylic acid groups (broad SMARTS) is 1. The number of carbonyl (C=O) groups excluding carboxylic acids is 4. The number of amides is 4. The summed E-state index contributed by atoms with van der Waals surface area (Å²) < 4.78 is 0. The van der Waals surface area contributed by atoms with Gasteiger partial charge in [-0.1, -0.05) is 6.42 Å². The number of hydrogen-bond donors (Lipinski definition) is 7. The van der Waals surface area contributed by atoms with Gasteiger partial charge in [0.2, 0.25) is 11.8 Å². The van der Waals surface area contributed by atoms with Crippen molar-refractivity contribution < 1.29 is 49.5 Å². The molecule has 0 aliphatic carbocycles. The number of unbranched alkanes of at least 4 members (excludes halogenated alkanes) is 2. The zero-order valence-electron chi connectivity index (χ0n) is 18.8. The van der Waals surface area contributed by atoms with Crippen LogP contribution in [0.3, 0.4) is 0 Å². The van der Waals surface area contributed by atoms with E-state index in [4.69, 9.17) is 5.11 Å². The fraction of sp³-hybridized carbons (Fsp3) is 0.667. The van der Waals surface area contributed by atoms with E-state index in [1.54, 1.807) is 0 Å². The van der Waals surface area contributed by atoms with Crippen LogP contribution in [-0.4, -0.2) is 104 Å². The van der Waals surface area contributed by atoms with Gasteiger partial charge in [-0.3, -0.25) is 24.1 Å². The highest BCUT2D eigenvalue weighted by molar-refractivity contribution is 6.12. The molecule has 34 heavy (non-hydrogen) atoms. The summed E-state index contributed by atoms with van der Waals surface area (Å²) in [4.78, 5) is 59.3. The lowest BCUT2D eigenvalue weighted by atomic mass is 10.1. The Hall–Kier alpha value is -2.87. The minimum atomic E-state index is -1.42. The number of imide groups is 1. The third-order valence-corrected chi connectivity index (χ3v) is 5.16. The van der Waals surface area contributed by atoms with Crippen molar-refractivity contribution in [2.45, 2.75) is 69.3 Å². The number of hydrogen-bond acceptors (Lipinski definition) is 9. The van der Waals surface area contributed by atoms with Gasteiger partial charge in [0.1, 0.15) is 12.1 Å². The molecule has 13 heteroatoms. The molecule has 0 radical (unpaired) electrons. The Labute approximate surface area is 196 Å². The maximum Gasteiger partial charge on any atom is 0.326 e. The smallest absolute Gasteiger partial charge is 0.326 e. The number of nitrogens with one attached hydrogen (secondary N) is 2. The van der Waals surface area contributed by atoms with Gasteiger partial charge in [-0.25, -0.2) is 4.79 Å². The van der Waals surface area contributed by atoms with Gasteiger partial charge in [-0.15, -0.1) is 0 Å². The third kappa shape index (κ3) is 10.8. The first kappa shape index (κ1) is 29.2. The number of nitrogens with zero attached hydrogens (tertiary/aromatic N) is 1. The second kappa shape index (κ2) is 15.1. The van der Waals surface area contributed by atoms with E-state index in [9.17, 15) is 44.4 Å². The van der Waals surface area contributed by atoms with Crippen molar-refractivity contribution in [2.75, 3.05) is 19.7 Å². The molecule has 1 aliphatic rings. The van der Waals surface area contributed by atoms with Crippen LogP contribution in [0.5, 0.6) is 0 Å². The highest BCUT2D eigenvalue weighted by Crippen LogP contribution is 2.08. The molecular formula is C21H33N3O10. The summed E-state index contributed by atoms with van der Waals surface area (Å²) >= 11 is 0. The molecular weight excluding hydrogens is 454 g/mol. The van der Waals surface area contributed by atoms with Gasteiger partial charge in [-0.05, 0) is 19.3 Å². The number of carbonyl (C=O) groups is 5. The minimum Gasteiger partial charge on any atom is -0.480 e. The van der Waals surface area contributed by atoms with E-state index in [-0.39, 0.29) is 50.6 Å². The Balaban J connectivity index is 2.25. The SMILES string of the molecule is O=C(CC[C@H](NC(=O)CCCCCN1C(=O)C=CC1=O)C(=O)O)NC[C@H](O)C[C@H](O)C(O)CO. The van der Waals surface area contributed by atoms with Crippen molar-refractivity contribution in [3.05, 3.63) is 12.2 Å². The van der Waals surface area contributed by atoms with Crippen LogP contribution in [-0.2, 0) is 24.0 Å². The first-order valence-electron chi connectivity index (χ1n) is 11.0. The molecule has 1 rings (SSSR count). The second-order valence-electron chi connectivity index (χ2n) is 7.98. The van der Waals surface area contributed by atoms with Crippen molar-refractivity contribution in [1.82, 2.24) is 15.5 Å². The molecule has 0 aromatic heterocycles. The van der Waals surface area contributed by atoms with Gasteiger partial charge in [0.05, 0.1) is 18.8 Å². The minimum absolute atomic E-state index is 0.0460. The highest BCUT2D eigenvalue weighted by atomic mass is 16.4. The summed E-state index contributed by atoms with van der Waals surface area (Å²) in [5.74, 6) is -3.12. The van der Waals surface area contributed by atoms with Crippen LogP contribution in [0.15, 0.2) is 12.2 Å². The standard InChI is InChI=1S/C21H33N3O10/c25-12-16(28)15(27)10-13(26)11-22-17(29)6-5-14(21(33)34)23-18(30)4-2-1-3-9-24-19(31)7-8-20(24)32/h7-8,13-16,25-28H,1-6,9-12H2,(H,22,29)(H,23,30)(H,33,34)/t13-,14+,15+,16?/m1/s1. The van der Waals surface area contributed by atoms with E-state index in [0.29, 0.717) is 19.3 Å². The van der Waals surface area contributed by atoms with Crippen LogP contribution in [0.2, 0.25) is 0 Å². The number of carboxylic acids is 1. The lowest BCUT2D eigenvalue weighted by Gasteiger charge is -2.19. The maximum absolute atomic E-state index is 12.0. The molecule has 1 aliphatic heterocycles. The highest BCUT2D eigenvalue weighted by Gasteiger charge is 2.24. The molecule has 192 valence electrons. The van der Waals surface area contributed by atoms with Gasteiger partial charge in [0.15, 0.2) is 0 Å². The Bertz CT molecular complexity index is 739. The molecule has 0 saturated heterocycles. The molecule has 0 aromatic carbocycles. The second-order valence-corrected chi connectivity index (χ2v) is 7.98. The fourth-order valence-electron chi connectivity index (χ4n) is 3.14. The van der Waals surface area contributed by atoms with Gasteiger partial charge in [0.25, 0.3) is 11.8 Å². The van der Waals surface area contributed by atoms with Crippen molar-refractivity contribution in [3.8, 4) is 0 Å². The summed E-state index contributed by atoms with van der Waals surface area (Å²) in [6.07, 6.45) is -0.747. The molecule has 0 spiro atoms. The lowest BCUT2D eigenvalue weighted by Crippen LogP contribution is -2.42. The Kier molecular flexibility index (Phi) is 13.0. The molecule has 4 amide bonds. The molecule has 0 aromatic rings. The number of aliphatic hydroxyl groups is 4. The van der Waals surface area contributed by atoms with Crippen LogP contribution < -0.4 is 10.6 Å². The van der Waals surface area contributed by atoms with Crippen molar-refractivity contribution in [2.24, 2.45) is 0 Å². The average molecular weight is 488 g/mol. The Morgan fingerprint density at radius 1 is 0.912 bits per heavy atom. The van der Waals surface area contributed by atoms with Gasteiger partial charge in [0, 0.05) is 44.5 Å². The molecule has 4 atom stereocenters. The molecule has 0 bridgehead atoms. The molecule has 1 unspecified atom stereocenters. The van der Waals surface area contributed by atoms with Crippen molar-refractivity contribution in [3.63, 3.8) is 0 Å². The maximum atomic E-state index is 12.0. The lowest BCUT2D eigenvalue weighted by molar-refractivity contribution is -0.142. The molecule has 13 nitrogen and oxygen atoms in total. The normalized spacial score (nSPS) is 16.8. The van der Waals surface area contributed by atoms with E-state index >= 15 is 0 Å². The van der Waals surface area contributed by atoms with Crippen LogP contribution in [0, 0.1) is 0 Å². The Morgan fingerprint density at radius 3 is 2.15 bits per heavy atom. The van der Waals surface area contributed by atoms with Crippen LogP contribution in [0.4, 0.5) is 0 Å². The van der Waals surface area contributed by atoms with E-state index in [1.807, 2.05) is 0 Å². The van der Waals surface area contributed by atoms with Gasteiger partial charge >= 0.3 is 5.97 Å². The van der Waals surface area contributed by atoms with Crippen LogP contribution >= 0.6 is 0 Å². The van der Waals surface area contributed by atoms with Crippen molar-refractivity contribution >= 4 is 29.6 Å². The summed E-state index contributed by atoms with van der Waals surface area (Å²) in [7, 11) is 0. The van der Waals surface area contributed by atoms with E-state index in [2.05, 4.69) is 10.6 Å². The summed E-state index contributed by atoms with van der Waals surface area (Å²) in [6.45, 7) is -0.682. The quantitative estimate of drug-likeness (QED) is 0.0839. The summed E-state index contributed by atoms with van der Waals surface area (Å²) in [5, 5.41) is 51.2. The Morgan fingerprint density at radius 2 is 1.56 bits per heavy atom. The van der Waals surface area contributed by atoms with E-state index < -0.39 is 48.7 Å². The average Bonchev–Trinajstić information content (AvgIpc) is 3.11. The number of rotatable bonds is 17. The zero-order valence-corrected chi connectivity index (χ0v) is 18.8. The zero-order chi connectivity index (χ0) is 25.7. The van der Waals surface area contributed by atoms with Gasteiger partial charge < -0.3 is 36.2 Å². The predicted octanol–water partition coefficient (Wildman–Crippen LogP) is -2.60. The summed E-state index contributed by atoms with van der Waals surface area (Å²) in [5.41, 5.74) is 0. The molecule has 7 N–H and O–H groups in total. The molecule has 0 saturated carbocycles.